The van der Waals surface area contributed by atoms with Crippen LogP contribution in [0.4, 0.5) is 11.4 Å². The first kappa shape index (κ1) is 17.6. The molecule has 6 rings (SSSR count). The molecule has 2 aliphatic heterocycles. The molecule has 2 aliphatic carbocycles. The van der Waals surface area contributed by atoms with E-state index < -0.39 is 0 Å². The van der Waals surface area contributed by atoms with Crippen LogP contribution in [0.25, 0.3) is 0 Å². The van der Waals surface area contributed by atoms with Gasteiger partial charge in [0.1, 0.15) is 0 Å². The largest absolute Gasteiger partial charge is 0.370 e. The highest BCUT2D eigenvalue weighted by Gasteiger charge is 2.44. The molecule has 1 N–H and O–H groups in total. The van der Waals surface area contributed by atoms with Crippen molar-refractivity contribution in [2.45, 2.75) is 57.3 Å². The number of benzene rings is 2. The number of hydrogen-bond acceptors (Lipinski definition) is 2. The Balaban J connectivity index is 1.42. The average molecular weight is 387 g/mol. The van der Waals surface area contributed by atoms with Gasteiger partial charge in [-0.25, -0.2) is 0 Å². The molecule has 29 heavy (non-hydrogen) atoms. The summed E-state index contributed by atoms with van der Waals surface area (Å²) in [6.45, 7) is 4.54. The normalized spacial score (nSPS) is 29.2. The molecule has 0 saturated heterocycles. The van der Waals surface area contributed by atoms with Gasteiger partial charge >= 0.3 is 0 Å². The summed E-state index contributed by atoms with van der Waals surface area (Å²) in [5.41, 5.74) is 7.48. The molecule has 2 fully saturated rings. The Kier molecular flexibility index (Phi) is 4.01. The summed E-state index contributed by atoms with van der Waals surface area (Å²) in [6.07, 6.45) is 8.06. The molecule has 4 unspecified atom stereocenters. The molecule has 2 heterocycles. The minimum absolute atomic E-state index is 0.00951. The lowest BCUT2D eigenvalue weighted by Crippen LogP contribution is -2.43. The van der Waals surface area contributed by atoms with E-state index in [9.17, 15) is 4.79 Å². The highest BCUT2D eigenvalue weighted by Crippen LogP contribution is 2.56. The Bertz CT molecular complexity index is 935. The van der Waals surface area contributed by atoms with Crippen LogP contribution in [0, 0.1) is 18.8 Å². The van der Waals surface area contributed by atoms with Gasteiger partial charge < -0.3 is 10.2 Å². The summed E-state index contributed by atoms with van der Waals surface area (Å²) in [6, 6.07) is 12.5. The third-order valence-corrected chi connectivity index (χ3v) is 8.05. The van der Waals surface area contributed by atoms with E-state index in [2.05, 4.69) is 22.3 Å². The zero-order chi connectivity index (χ0) is 19.5. The van der Waals surface area contributed by atoms with Crippen molar-refractivity contribution in [3.05, 3.63) is 58.7 Å². The quantitative estimate of drug-likeness (QED) is 0.702. The van der Waals surface area contributed by atoms with Crippen molar-refractivity contribution in [3.8, 4) is 0 Å². The van der Waals surface area contributed by atoms with Gasteiger partial charge in [0.15, 0.2) is 0 Å². The number of rotatable bonds is 2. The monoisotopic (exact) mass is 386 g/mol. The number of nitrogens with zero attached hydrogens (tertiary/aromatic N) is 1. The van der Waals surface area contributed by atoms with E-state index in [0.717, 1.165) is 28.7 Å². The molecule has 3 nitrogen and oxygen atoms in total. The van der Waals surface area contributed by atoms with Gasteiger partial charge in [0.25, 0.3) is 5.91 Å². The maximum Gasteiger partial charge on any atom is 0.255 e. The van der Waals surface area contributed by atoms with E-state index in [1.165, 1.54) is 62.7 Å². The first-order chi connectivity index (χ1) is 14.2. The van der Waals surface area contributed by atoms with Gasteiger partial charge in [-0.3, -0.25) is 4.79 Å². The summed E-state index contributed by atoms with van der Waals surface area (Å²) in [4.78, 5) is 15.7. The van der Waals surface area contributed by atoms with E-state index in [1.54, 1.807) is 5.69 Å². The molecule has 0 aromatic heterocycles. The highest BCUT2D eigenvalue weighted by molar-refractivity contribution is 6.04. The number of aryl methyl sites for hydroxylation is 1. The minimum Gasteiger partial charge on any atom is -0.370 e. The number of fused-ring (bicyclic) bond motifs is 4. The molecule has 0 bridgehead atoms. The molecule has 1 amide bonds. The number of anilines is 2. The lowest BCUT2D eigenvalue weighted by Gasteiger charge is -2.46. The zero-order valence-corrected chi connectivity index (χ0v) is 17.3. The smallest absolute Gasteiger partial charge is 0.255 e. The van der Waals surface area contributed by atoms with Gasteiger partial charge in [-0.15, -0.1) is 0 Å². The third kappa shape index (κ3) is 2.81. The molecule has 0 spiro atoms. The third-order valence-electron chi connectivity index (χ3n) is 8.05. The zero-order valence-electron chi connectivity index (χ0n) is 17.3. The van der Waals surface area contributed by atoms with Crippen molar-refractivity contribution in [1.82, 2.24) is 0 Å². The van der Waals surface area contributed by atoms with Crippen LogP contribution in [-0.2, 0) is 0 Å². The average Bonchev–Trinajstić information content (AvgIpc) is 3.37. The van der Waals surface area contributed by atoms with Crippen LogP contribution in [0.5, 0.6) is 0 Å². The topological polar surface area (TPSA) is 32.3 Å². The number of nitrogens with one attached hydrogen (secondary N) is 1. The molecule has 2 aromatic rings. The van der Waals surface area contributed by atoms with E-state index >= 15 is 0 Å². The molecule has 4 aliphatic rings. The molecule has 3 heteroatoms. The van der Waals surface area contributed by atoms with Crippen LogP contribution < -0.4 is 10.2 Å². The van der Waals surface area contributed by atoms with Gasteiger partial charge in [-0.2, -0.15) is 0 Å². The van der Waals surface area contributed by atoms with Crippen molar-refractivity contribution in [3.63, 3.8) is 0 Å². The Labute approximate surface area is 173 Å². The predicted octanol–water partition coefficient (Wildman–Crippen LogP) is 5.85. The molecule has 2 saturated carbocycles. The van der Waals surface area contributed by atoms with Crippen molar-refractivity contribution >= 4 is 17.3 Å². The van der Waals surface area contributed by atoms with Gasteiger partial charge in [-0.05, 0) is 91.7 Å². The van der Waals surface area contributed by atoms with Crippen LogP contribution in [0.15, 0.2) is 36.4 Å². The SMILES string of the molecule is Cc1cccc(C(=O)Nc2cc3c4c(c2)C2CCCC2CN4CC2CCCC32)c1. The molecular weight excluding hydrogens is 356 g/mol. The van der Waals surface area contributed by atoms with E-state index in [1.807, 2.05) is 31.2 Å². The van der Waals surface area contributed by atoms with E-state index in [0.29, 0.717) is 11.8 Å². The fourth-order valence-electron chi connectivity index (χ4n) is 6.83. The fourth-order valence-corrected chi connectivity index (χ4v) is 6.83. The molecule has 150 valence electrons. The first-order valence-corrected chi connectivity index (χ1v) is 11.5. The molecule has 2 aromatic carbocycles. The fraction of sp³-hybridized carbons (Fsp3) is 0.500. The van der Waals surface area contributed by atoms with E-state index in [-0.39, 0.29) is 5.91 Å². The second kappa shape index (κ2) is 6.62. The number of carbonyl (C=O) groups is 1. The van der Waals surface area contributed by atoms with Crippen molar-refractivity contribution in [2.75, 3.05) is 23.3 Å². The van der Waals surface area contributed by atoms with Crippen molar-refractivity contribution in [1.29, 1.82) is 0 Å². The Morgan fingerprint density at radius 3 is 2.21 bits per heavy atom. The Morgan fingerprint density at radius 1 is 0.931 bits per heavy atom. The summed E-state index contributed by atoms with van der Waals surface area (Å²) in [7, 11) is 0. The van der Waals surface area contributed by atoms with Gasteiger partial charge in [-0.1, -0.05) is 30.5 Å². The summed E-state index contributed by atoms with van der Waals surface area (Å²) < 4.78 is 0. The van der Waals surface area contributed by atoms with Crippen molar-refractivity contribution in [2.24, 2.45) is 11.8 Å². The highest BCUT2D eigenvalue weighted by atomic mass is 16.1. The number of carbonyl (C=O) groups excluding carboxylic acids is 1. The van der Waals surface area contributed by atoms with E-state index in [4.69, 9.17) is 0 Å². The lowest BCUT2D eigenvalue weighted by molar-refractivity contribution is 0.102. The maximum absolute atomic E-state index is 12.9. The predicted molar refractivity (Wildman–Crippen MR) is 118 cm³/mol. The Hall–Kier alpha value is -2.29. The first-order valence-electron chi connectivity index (χ1n) is 11.5. The van der Waals surface area contributed by atoms with Gasteiger partial charge in [0.2, 0.25) is 0 Å². The molecule has 0 radical (unpaired) electrons. The van der Waals surface area contributed by atoms with Gasteiger partial charge in [0.05, 0.1) is 0 Å². The second-order valence-corrected chi connectivity index (χ2v) is 9.83. The standard InChI is InChI=1S/C26H30N2O/c1-16-5-2-6-17(11-16)26(29)27-20-12-23-21-9-3-7-18(21)14-28-15-19-8-4-10-22(19)24(13-20)25(23)28/h2,5-6,11-13,18-19,21-22H,3-4,7-10,14-15H2,1H3,(H,27,29). The van der Waals surface area contributed by atoms with Crippen LogP contribution in [0.1, 0.15) is 77.4 Å². The molecule has 4 atom stereocenters. The minimum atomic E-state index is 0.00951. The Morgan fingerprint density at radius 2 is 1.59 bits per heavy atom. The van der Waals surface area contributed by atoms with Crippen LogP contribution >= 0.6 is 0 Å². The maximum atomic E-state index is 12.9. The number of hydrogen-bond donors (Lipinski definition) is 1. The second-order valence-electron chi connectivity index (χ2n) is 9.83. The number of amides is 1. The van der Waals surface area contributed by atoms with Crippen LogP contribution in [-0.4, -0.2) is 19.0 Å². The lowest BCUT2D eigenvalue weighted by atomic mass is 9.75. The van der Waals surface area contributed by atoms with Crippen molar-refractivity contribution < 1.29 is 4.79 Å². The van der Waals surface area contributed by atoms with Crippen LogP contribution in [0.2, 0.25) is 0 Å². The van der Waals surface area contributed by atoms with Gasteiger partial charge in [0, 0.05) is 30.0 Å². The summed E-state index contributed by atoms with van der Waals surface area (Å²) >= 11 is 0. The molecular formula is C26H30N2O. The van der Waals surface area contributed by atoms with Crippen LogP contribution in [0.3, 0.4) is 0 Å². The summed E-state index contributed by atoms with van der Waals surface area (Å²) in [5.74, 6) is 2.99. The summed E-state index contributed by atoms with van der Waals surface area (Å²) in [5, 5.41) is 3.25.